The van der Waals surface area contributed by atoms with Crippen LogP contribution in [0.25, 0.3) is 0 Å². The molecule has 2 N–H and O–H groups in total. The fraction of sp³-hybridized carbons (Fsp3) is 0.889. The molecular formula is C9H20N2O3. The van der Waals surface area contributed by atoms with Gasteiger partial charge in [-0.15, -0.1) is 0 Å². The van der Waals surface area contributed by atoms with Gasteiger partial charge in [0.25, 0.3) is 5.91 Å². The fourth-order valence-corrected chi connectivity index (χ4v) is 0.777. The first kappa shape index (κ1) is 13.4. The lowest BCUT2D eigenvalue weighted by Gasteiger charge is -2.17. The Bertz CT molecular complexity index is 156. The van der Waals surface area contributed by atoms with E-state index in [0.29, 0.717) is 13.2 Å². The second-order valence-corrected chi connectivity index (χ2v) is 3.03. The number of hydrogen-bond donors (Lipinski definition) is 2. The van der Waals surface area contributed by atoms with Gasteiger partial charge in [-0.25, -0.2) is 5.43 Å². The van der Waals surface area contributed by atoms with Crippen molar-refractivity contribution >= 4 is 5.91 Å². The van der Waals surface area contributed by atoms with Crippen molar-refractivity contribution in [2.24, 2.45) is 0 Å². The third kappa shape index (κ3) is 5.90. The number of nitrogens with one attached hydrogen (secondary N) is 2. The third-order valence-corrected chi connectivity index (χ3v) is 1.33. The molecule has 0 aromatic carbocycles. The Morgan fingerprint density at radius 3 is 2.07 bits per heavy atom. The average Bonchev–Trinajstić information content (AvgIpc) is 2.14. The van der Waals surface area contributed by atoms with Gasteiger partial charge in [-0.3, -0.25) is 10.2 Å². The maximum atomic E-state index is 11.4. The molecule has 0 rings (SSSR count). The van der Waals surface area contributed by atoms with Gasteiger partial charge in [-0.1, -0.05) is 0 Å². The van der Waals surface area contributed by atoms with Crippen LogP contribution >= 0.6 is 0 Å². The largest absolute Gasteiger partial charge is 0.345 e. The lowest BCUT2D eigenvalue weighted by molar-refractivity contribution is -0.171. The Morgan fingerprint density at radius 2 is 1.71 bits per heavy atom. The number of amides is 1. The van der Waals surface area contributed by atoms with Crippen LogP contribution in [0.1, 0.15) is 27.7 Å². The van der Waals surface area contributed by atoms with E-state index in [0.717, 1.165) is 0 Å². The van der Waals surface area contributed by atoms with Crippen molar-refractivity contribution < 1.29 is 14.3 Å². The normalized spacial score (nSPS) is 11.0. The van der Waals surface area contributed by atoms with Crippen molar-refractivity contribution in [3.63, 3.8) is 0 Å². The maximum absolute atomic E-state index is 11.4. The van der Waals surface area contributed by atoms with Gasteiger partial charge in [0.2, 0.25) is 6.29 Å². The highest BCUT2D eigenvalue weighted by Crippen LogP contribution is 1.94. The van der Waals surface area contributed by atoms with Gasteiger partial charge >= 0.3 is 0 Å². The second-order valence-electron chi connectivity index (χ2n) is 3.03. The molecule has 0 heterocycles. The third-order valence-electron chi connectivity index (χ3n) is 1.33. The molecule has 0 radical (unpaired) electrons. The van der Waals surface area contributed by atoms with Crippen molar-refractivity contribution in [2.45, 2.75) is 40.0 Å². The topological polar surface area (TPSA) is 59.6 Å². The molecule has 0 saturated heterocycles. The van der Waals surface area contributed by atoms with E-state index in [1.165, 1.54) is 0 Å². The second kappa shape index (κ2) is 7.73. The minimum atomic E-state index is -0.823. The zero-order valence-corrected chi connectivity index (χ0v) is 9.29. The predicted octanol–water partition coefficient (Wildman–Crippen LogP) is 0.415. The van der Waals surface area contributed by atoms with E-state index >= 15 is 0 Å². The Kier molecular flexibility index (Phi) is 7.37. The van der Waals surface area contributed by atoms with E-state index in [9.17, 15) is 4.79 Å². The van der Waals surface area contributed by atoms with Gasteiger partial charge in [0.15, 0.2) is 0 Å². The van der Waals surface area contributed by atoms with Crippen LogP contribution in [-0.4, -0.2) is 31.5 Å². The summed E-state index contributed by atoms with van der Waals surface area (Å²) < 4.78 is 10.2. The number of ether oxygens (including phenoxy) is 2. The summed E-state index contributed by atoms with van der Waals surface area (Å²) in [5.41, 5.74) is 5.30. The van der Waals surface area contributed by atoms with Crippen LogP contribution in [0.5, 0.6) is 0 Å². The van der Waals surface area contributed by atoms with E-state index in [-0.39, 0.29) is 11.9 Å². The minimum Gasteiger partial charge on any atom is -0.345 e. The van der Waals surface area contributed by atoms with E-state index in [1.54, 1.807) is 0 Å². The summed E-state index contributed by atoms with van der Waals surface area (Å²) in [5.74, 6) is -0.303. The summed E-state index contributed by atoms with van der Waals surface area (Å²) in [6.07, 6.45) is -0.823. The van der Waals surface area contributed by atoms with Crippen LogP contribution in [0.3, 0.4) is 0 Å². The van der Waals surface area contributed by atoms with E-state index in [1.807, 2.05) is 27.7 Å². The molecule has 84 valence electrons. The average molecular weight is 204 g/mol. The Morgan fingerprint density at radius 1 is 1.21 bits per heavy atom. The molecule has 5 heteroatoms. The zero-order valence-electron chi connectivity index (χ0n) is 9.29. The highest BCUT2D eigenvalue weighted by Gasteiger charge is 2.18. The summed E-state index contributed by atoms with van der Waals surface area (Å²) >= 11 is 0. The molecule has 0 fully saturated rings. The molecule has 0 saturated carbocycles. The monoisotopic (exact) mass is 204 g/mol. The smallest absolute Gasteiger partial charge is 0.291 e. The number of carbonyl (C=O) groups excluding carboxylic acids is 1. The molecule has 0 aromatic rings. The van der Waals surface area contributed by atoms with Crippen molar-refractivity contribution in [1.29, 1.82) is 0 Å². The van der Waals surface area contributed by atoms with Gasteiger partial charge in [-0.2, -0.15) is 0 Å². The highest BCUT2D eigenvalue weighted by molar-refractivity contribution is 5.78. The Balaban J connectivity index is 3.88. The molecular weight excluding hydrogens is 184 g/mol. The SMILES string of the molecule is CCOC(OCC)C(=O)NNC(C)C. The summed E-state index contributed by atoms with van der Waals surface area (Å²) in [7, 11) is 0. The molecule has 0 aliphatic rings. The van der Waals surface area contributed by atoms with Crippen molar-refractivity contribution in [1.82, 2.24) is 10.9 Å². The van der Waals surface area contributed by atoms with Crippen molar-refractivity contribution in [2.75, 3.05) is 13.2 Å². The lowest BCUT2D eigenvalue weighted by Crippen LogP contribution is -2.48. The van der Waals surface area contributed by atoms with Crippen LogP contribution < -0.4 is 10.9 Å². The van der Waals surface area contributed by atoms with Gasteiger partial charge in [0.1, 0.15) is 0 Å². The molecule has 5 nitrogen and oxygen atoms in total. The highest BCUT2D eigenvalue weighted by atomic mass is 16.7. The van der Waals surface area contributed by atoms with E-state index < -0.39 is 6.29 Å². The number of rotatable bonds is 7. The summed E-state index contributed by atoms with van der Waals surface area (Å²) in [6, 6.07) is 0.183. The van der Waals surface area contributed by atoms with Crippen LogP contribution in [0.4, 0.5) is 0 Å². The fourth-order valence-electron chi connectivity index (χ4n) is 0.777. The van der Waals surface area contributed by atoms with Crippen LogP contribution in [0.15, 0.2) is 0 Å². The molecule has 0 spiro atoms. The molecule has 1 amide bonds. The van der Waals surface area contributed by atoms with Gasteiger partial charge < -0.3 is 9.47 Å². The molecule has 0 bridgehead atoms. The van der Waals surface area contributed by atoms with Crippen LogP contribution in [0, 0.1) is 0 Å². The minimum absolute atomic E-state index is 0.183. The molecule has 0 aliphatic carbocycles. The number of carbonyl (C=O) groups is 1. The molecule has 0 atom stereocenters. The molecule has 0 unspecified atom stereocenters. The maximum Gasteiger partial charge on any atom is 0.291 e. The zero-order chi connectivity index (χ0) is 11.0. The van der Waals surface area contributed by atoms with Gasteiger partial charge in [-0.05, 0) is 27.7 Å². The molecule has 14 heavy (non-hydrogen) atoms. The van der Waals surface area contributed by atoms with Crippen molar-refractivity contribution in [3.8, 4) is 0 Å². The van der Waals surface area contributed by atoms with Gasteiger partial charge in [0, 0.05) is 19.3 Å². The van der Waals surface area contributed by atoms with E-state index in [2.05, 4.69) is 10.9 Å². The van der Waals surface area contributed by atoms with Crippen molar-refractivity contribution in [3.05, 3.63) is 0 Å². The Hall–Kier alpha value is -0.650. The standard InChI is InChI=1S/C9H20N2O3/c1-5-13-9(14-6-2)8(12)11-10-7(3)4/h7,9-10H,5-6H2,1-4H3,(H,11,12). The Labute approximate surface area is 85.1 Å². The van der Waals surface area contributed by atoms with Gasteiger partial charge in [0.05, 0.1) is 0 Å². The summed E-state index contributed by atoms with van der Waals surface area (Å²) in [4.78, 5) is 11.4. The predicted molar refractivity (Wildman–Crippen MR) is 53.5 cm³/mol. The first-order valence-electron chi connectivity index (χ1n) is 4.90. The first-order valence-corrected chi connectivity index (χ1v) is 4.90. The number of hydrazine groups is 1. The summed E-state index contributed by atoms with van der Waals surface area (Å²) in [5, 5.41) is 0. The molecule has 0 aromatic heterocycles. The first-order chi connectivity index (χ1) is 6.61. The quantitative estimate of drug-likeness (QED) is 0.466. The number of hydrogen-bond acceptors (Lipinski definition) is 4. The summed E-state index contributed by atoms with van der Waals surface area (Å²) in [6.45, 7) is 8.37. The molecule has 0 aliphatic heterocycles. The lowest BCUT2D eigenvalue weighted by atomic mass is 10.4. The van der Waals surface area contributed by atoms with Crippen LogP contribution in [0.2, 0.25) is 0 Å². The van der Waals surface area contributed by atoms with Crippen LogP contribution in [-0.2, 0) is 14.3 Å². The van der Waals surface area contributed by atoms with E-state index in [4.69, 9.17) is 9.47 Å².